The Labute approximate surface area is 124 Å². The van der Waals surface area contributed by atoms with Crippen molar-refractivity contribution in [2.75, 3.05) is 7.11 Å². The molecule has 0 unspecified atom stereocenters. The second-order valence-corrected chi connectivity index (χ2v) is 4.38. The molecule has 0 saturated heterocycles. The van der Waals surface area contributed by atoms with Gasteiger partial charge in [0.15, 0.2) is 11.0 Å². The maximum Gasteiger partial charge on any atom is 0.346 e. The predicted octanol–water partition coefficient (Wildman–Crippen LogP) is 3.76. The highest BCUT2D eigenvalue weighted by Crippen LogP contribution is 2.24. The lowest BCUT2D eigenvalue weighted by Gasteiger charge is -2.07. The van der Waals surface area contributed by atoms with Gasteiger partial charge in [0.05, 0.1) is 7.11 Å². The van der Waals surface area contributed by atoms with Crippen LogP contribution in [-0.4, -0.2) is 18.1 Å². The first-order valence-electron chi connectivity index (χ1n) is 5.39. The smallest absolute Gasteiger partial charge is 0.346 e. The van der Waals surface area contributed by atoms with Crippen LogP contribution in [0.15, 0.2) is 30.3 Å². The van der Waals surface area contributed by atoms with Crippen molar-refractivity contribution in [1.82, 2.24) is 4.98 Å². The Morgan fingerprint density at radius 3 is 2.60 bits per heavy atom. The molecule has 0 aliphatic heterocycles. The molecule has 104 valence electrons. The molecule has 4 nitrogen and oxygen atoms in total. The molecular weight excluding hydrogens is 308 g/mol. The zero-order valence-electron chi connectivity index (χ0n) is 10.2. The van der Waals surface area contributed by atoms with Crippen LogP contribution in [0.3, 0.4) is 0 Å². The Kier molecular flexibility index (Phi) is 4.42. The van der Waals surface area contributed by atoms with Crippen molar-refractivity contribution < 1.29 is 18.7 Å². The Bertz CT molecular complexity index is 664. The number of aromatic nitrogens is 1. The van der Waals surface area contributed by atoms with Crippen molar-refractivity contribution in [1.29, 1.82) is 0 Å². The van der Waals surface area contributed by atoms with E-state index in [9.17, 15) is 9.18 Å². The first kappa shape index (κ1) is 14.6. The largest absolute Gasteiger partial charge is 0.497 e. The van der Waals surface area contributed by atoms with E-state index in [1.54, 1.807) is 18.2 Å². The standard InChI is InChI=1S/C13H8Cl2FNO3/c1-19-7-3-2-4-8(5-7)20-13(18)9-6-10(16)12(15)17-11(9)14/h2-6H,1H3. The number of nitrogens with zero attached hydrogens (tertiary/aromatic N) is 1. The normalized spacial score (nSPS) is 10.2. The number of halogens is 3. The molecule has 1 aromatic heterocycles. The monoisotopic (exact) mass is 315 g/mol. The molecule has 0 aliphatic carbocycles. The van der Waals surface area contributed by atoms with Crippen LogP contribution in [0.1, 0.15) is 10.4 Å². The van der Waals surface area contributed by atoms with Gasteiger partial charge in [0.25, 0.3) is 0 Å². The number of esters is 1. The second-order valence-electron chi connectivity index (χ2n) is 3.67. The fourth-order valence-electron chi connectivity index (χ4n) is 1.42. The number of carbonyl (C=O) groups is 1. The number of benzene rings is 1. The molecule has 2 aromatic rings. The zero-order chi connectivity index (χ0) is 14.7. The van der Waals surface area contributed by atoms with E-state index < -0.39 is 16.9 Å². The van der Waals surface area contributed by atoms with Gasteiger partial charge in [-0.25, -0.2) is 14.2 Å². The number of pyridine rings is 1. The van der Waals surface area contributed by atoms with Gasteiger partial charge in [-0.1, -0.05) is 29.3 Å². The molecule has 20 heavy (non-hydrogen) atoms. The molecule has 1 heterocycles. The van der Waals surface area contributed by atoms with Gasteiger partial charge in [-0.05, 0) is 18.2 Å². The summed E-state index contributed by atoms with van der Waals surface area (Å²) in [6, 6.07) is 7.26. The van der Waals surface area contributed by atoms with E-state index in [2.05, 4.69) is 4.98 Å². The molecule has 0 spiro atoms. The summed E-state index contributed by atoms with van der Waals surface area (Å²) in [4.78, 5) is 15.4. The van der Waals surface area contributed by atoms with E-state index in [4.69, 9.17) is 32.7 Å². The second kappa shape index (κ2) is 6.07. The van der Waals surface area contributed by atoms with Gasteiger partial charge in [-0.3, -0.25) is 0 Å². The molecule has 0 bridgehead atoms. The molecule has 0 amide bonds. The molecule has 0 radical (unpaired) electrons. The minimum Gasteiger partial charge on any atom is -0.497 e. The Hall–Kier alpha value is -1.85. The Balaban J connectivity index is 2.26. The minimum atomic E-state index is -0.853. The summed E-state index contributed by atoms with van der Waals surface area (Å²) < 4.78 is 23.4. The third-order valence-electron chi connectivity index (χ3n) is 2.36. The van der Waals surface area contributed by atoms with Gasteiger partial charge < -0.3 is 9.47 Å². The molecule has 0 fully saturated rings. The summed E-state index contributed by atoms with van der Waals surface area (Å²) >= 11 is 11.2. The summed E-state index contributed by atoms with van der Waals surface area (Å²) in [5, 5.41) is -0.641. The van der Waals surface area contributed by atoms with Crippen molar-refractivity contribution in [2.24, 2.45) is 0 Å². The third-order valence-corrected chi connectivity index (χ3v) is 2.91. The van der Waals surface area contributed by atoms with Crippen LogP contribution in [0.25, 0.3) is 0 Å². The number of rotatable bonds is 3. The van der Waals surface area contributed by atoms with Crippen LogP contribution < -0.4 is 9.47 Å². The maximum atomic E-state index is 13.3. The van der Waals surface area contributed by atoms with E-state index in [1.807, 2.05) is 0 Å². The fraction of sp³-hybridized carbons (Fsp3) is 0.0769. The van der Waals surface area contributed by atoms with Gasteiger partial charge >= 0.3 is 5.97 Å². The molecule has 0 atom stereocenters. The van der Waals surface area contributed by atoms with E-state index >= 15 is 0 Å². The highest BCUT2D eigenvalue weighted by molar-refractivity contribution is 6.34. The van der Waals surface area contributed by atoms with Crippen molar-refractivity contribution in [3.8, 4) is 11.5 Å². The minimum absolute atomic E-state index is 0.212. The topological polar surface area (TPSA) is 48.4 Å². The van der Waals surface area contributed by atoms with Gasteiger partial charge in [-0.15, -0.1) is 0 Å². The number of carbonyl (C=O) groups excluding carboxylic acids is 1. The van der Waals surface area contributed by atoms with E-state index in [-0.39, 0.29) is 16.5 Å². The Morgan fingerprint density at radius 2 is 1.90 bits per heavy atom. The highest BCUT2D eigenvalue weighted by atomic mass is 35.5. The third kappa shape index (κ3) is 3.18. The van der Waals surface area contributed by atoms with Crippen molar-refractivity contribution in [3.63, 3.8) is 0 Å². The maximum absolute atomic E-state index is 13.3. The van der Waals surface area contributed by atoms with Crippen LogP contribution in [-0.2, 0) is 0 Å². The van der Waals surface area contributed by atoms with E-state index in [1.165, 1.54) is 13.2 Å². The van der Waals surface area contributed by atoms with Gasteiger partial charge in [0, 0.05) is 6.07 Å². The molecule has 0 N–H and O–H groups in total. The number of hydrogen-bond acceptors (Lipinski definition) is 4. The van der Waals surface area contributed by atoms with Crippen molar-refractivity contribution >= 4 is 29.2 Å². The molecule has 2 rings (SSSR count). The molecule has 0 saturated carbocycles. The molecule has 0 aliphatic rings. The quantitative estimate of drug-likeness (QED) is 0.491. The fourth-order valence-corrected chi connectivity index (χ4v) is 1.81. The highest BCUT2D eigenvalue weighted by Gasteiger charge is 2.17. The SMILES string of the molecule is COc1cccc(OC(=O)c2cc(F)c(Cl)nc2Cl)c1. The summed E-state index contributed by atoms with van der Waals surface area (Å²) in [7, 11) is 1.48. The first-order chi connectivity index (χ1) is 9.51. The number of ether oxygens (including phenoxy) is 2. The number of hydrogen-bond donors (Lipinski definition) is 0. The van der Waals surface area contributed by atoms with Crippen molar-refractivity contribution in [3.05, 3.63) is 52.0 Å². The molecule has 7 heteroatoms. The van der Waals surface area contributed by atoms with Crippen molar-refractivity contribution in [2.45, 2.75) is 0 Å². The summed E-state index contributed by atoms with van der Waals surface area (Å²) in [5.41, 5.74) is -0.212. The predicted molar refractivity (Wildman–Crippen MR) is 72.2 cm³/mol. The molecule has 1 aromatic carbocycles. The first-order valence-corrected chi connectivity index (χ1v) is 6.14. The summed E-state index contributed by atoms with van der Waals surface area (Å²) in [6.07, 6.45) is 0. The average Bonchev–Trinajstić information content (AvgIpc) is 2.43. The van der Waals surface area contributed by atoms with Gasteiger partial charge in [0.1, 0.15) is 22.2 Å². The lowest BCUT2D eigenvalue weighted by Crippen LogP contribution is -2.10. The average molecular weight is 316 g/mol. The molecular formula is C13H8Cl2FNO3. The summed E-state index contributed by atoms with van der Waals surface area (Å²) in [5.74, 6) is -0.942. The van der Waals surface area contributed by atoms with E-state index in [0.717, 1.165) is 6.07 Å². The van der Waals surface area contributed by atoms with Crippen LogP contribution in [0, 0.1) is 5.82 Å². The Morgan fingerprint density at radius 1 is 1.20 bits per heavy atom. The lowest BCUT2D eigenvalue weighted by molar-refractivity contribution is 0.0733. The van der Waals surface area contributed by atoms with Gasteiger partial charge in [0.2, 0.25) is 0 Å². The van der Waals surface area contributed by atoms with Crippen LogP contribution in [0.5, 0.6) is 11.5 Å². The van der Waals surface area contributed by atoms with Crippen LogP contribution >= 0.6 is 23.2 Å². The summed E-state index contributed by atoms with van der Waals surface area (Å²) in [6.45, 7) is 0. The van der Waals surface area contributed by atoms with E-state index in [0.29, 0.717) is 5.75 Å². The van der Waals surface area contributed by atoms with Crippen LogP contribution in [0.2, 0.25) is 10.3 Å². The van der Waals surface area contributed by atoms with Gasteiger partial charge in [-0.2, -0.15) is 0 Å². The van der Waals surface area contributed by atoms with Crippen LogP contribution in [0.4, 0.5) is 4.39 Å². The number of methoxy groups -OCH3 is 1. The lowest BCUT2D eigenvalue weighted by atomic mass is 10.3. The zero-order valence-corrected chi connectivity index (χ0v) is 11.7.